The van der Waals surface area contributed by atoms with E-state index in [2.05, 4.69) is 17.1 Å². The molecule has 0 aliphatic rings. The summed E-state index contributed by atoms with van der Waals surface area (Å²) in [5.74, 6) is 0. The fourth-order valence-electron chi connectivity index (χ4n) is 1.11. The zero-order valence-electron chi connectivity index (χ0n) is 6.50. The fourth-order valence-corrected chi connectivity index (χ4v) is 1.40. The van der Waals surface area contributed by atoms with E-state index in [9.17, 15) is 0 Å². The molecule has 2 aromatic rings. The summed E-state index contributed by atoms with van der Waals surface area (Å²) in [6.45, 7) is 0. The van der Waals surface area contributed by atoms with Gasteiger partial charge in [-0.1, -0.05) is 0 Å². The van der Waals surface area contributed by atoms with Gasteiger partial charge in [-0.25, -0.2) is 0 Å². The van der Waals surface area contributed by atoms with Gasteiger partial charge in [0.1, 0.15) is 0 Å². The van der Waals surface area contributed by atoms with E-state index in [4.69, 9.17) is 0 Å². The molecule has 0 atom stereocenters. The number of hydrogen-bond donors (Lipinski definition) is 0. The Bertz CT molecular complexity index is 389. The number of para-hydroxylation sites is 1. The summed E-state index contributed by atoms with van der Waals surface area (Å²) in [6.07, 6.45) is 0. The molecule has 0 amide bonds. The maximum absolute atomic E-state index is 4.39. The van der Waals surface area contributed by atoms with Gasteiger partial charge in [0.05, 0.1) is 0 Å². The Balaban J connectivity index is 0.000000720. The Morgan fingerprint density at radius 2 is 1.75 bits per heavy atom. The summed E-state index contributed by atoms with van der Waals surface area (Å²) in [5, 5.41) is 1.21. The molecular formula is C9H6BrMgN. The first-order valence-electron chi connectivity index (χ1n) is 3.54. The molecule has 3 heteroatoms. The van der Waals surface area contributed by atoms with Crippen molar-refractivity contribution in [3.63, 3.8) is 0 Å². The van der Waals surface area contributed by atoms with Crippen LogP contribution in [0.15, 0.2) is 36.4 Å². The molecule has 0 spiro atoms. The van der Waals surface area contributed by atoms with Crippen LogP contribution in [0.25, 0.3) is 10.9 Å². The van der Waals surface area contributed by atoms with Crippen LogP contribution in [0.5, 0.6) is 0 Å². The fraction of sp³-hybridized carbons (Fsp3) is 0. The monoisotopic (exact) mass is 231 g/mol. The summed E-state index contributed by atoms with van der Waals surface area (Å²) in [6, 6.07) is 12.3. The minimum atomic E-state index is 0. The van der Waals surface area contributed by atoms with Gasteiger partial charge in [-0.05, 0) is 0 Å². The molecule has 0 fully saturated rings. The van der Waals surface area contributed by atoms with Crippen molar-refractivity contribution in [1.82, 2.24) is 4.98 Å². The van der Waals surface area contributed by atoms with Crippen LogP contribution < -0.4 is 20.8 Å². The van der Waals surface area contributed by atoms with Crippen molar-refractivity contribution < 1.29 is 17.0 Å². The predicted molar refractivity (Wildman–Crippen MR) is 47.1 cm³/mol. The van der Waals surface area contributed by atoms with Crippen LogP contribution in [-0.4, -0.2) is 26.7 Å². The van der Waals surface area contributed by atoms with Crippen LogP contribution in [0.1, 0.15) is 0 Å². The minimum absolute atomic E-state index is 0. The molecule has 56 valence electrons. The molecule has 0 bridgehead atoms. The Labute approximate surface area is 94.4 Å². The van der Waals surface area contributed by atoms with E-state index in [0.717, 1.165) is 9.34 Å². The van der Waals surface area contributed by atoms with Crippen molar-refractivity contribution in [3.05, 3.63) is 36.4 Å². The average molecular weight is 232 g/mol. The number of benzene rings is 1. The molecule has 12 heavy (non-hydrogen) atoms. The van der Waals surface area contributed by atoms with E-state index < -0.39 is 0 Å². The normalized spacial score (nSPS) is 9.50. The number of pyridine rings is 1. The van der Waals surface area contributed by atoms with Gasteiger partial charge in [-0.3, -0.25) is 0 Å². The topological polar surface area (TPSA) is 12.9 Å². The van der Waals surface area contributed by atoms with Crippen molar-refractivity contribution >= 4 is 36.4 Å². The van der Waals surface area contributed by atoms with Gasteiger partial charge in [0, 0.05) is 0 Å². The average Bonchev–Trinajstić information content (AvgIpc) is 2.04. The second kappa shape index (κ2) is 4.21. The van der Waals surface area contributed by atoms with E-state index >= 15 is 0 Å². The molecular weight excluding hydrogens is 226 g/mol. The number of fused-ring (bicyclic) bond motifs is 1. The van der Waals surface area contributed by atoms with Crippen LogP contribution in [0, 0.1) is 0 Å². The number of hydrogen-bond acceptors (Lipinski definition) is 1. The molecule has 0 N–H and O–H groups in total. The molecule has 1 nitrogen and oxygen atoms in total. The Kier molecular flexibility index (Phi) is 3.49. The number of nitrogens with zero attached hydrogens (tertiary/aromatic N) is 1. The van der Waals surface area contributed by atoms with E-state index in [1.54, 1.807) is 0 Å². The van der Waals surface area contributed by atoms with E-state index in [-0.39, 0.29) is 17.0 Å². The van der Waals surface area contributed by atoms with Gasteiger partial charge in [0.15, 0.2) is 0 Å². The van der Waals surface area contributed by atoms with Crippen molar-refractivity contribution in [2.75, 3.05) is 0 Å². The second-order valence-electron chi connectivity index (χ2n) is 2.50. The zero-order chi connectivity index (χ0) is 7.68. The van der Waals surface area contributed by atoms with Gasteiger partial charge in [-0.2, -0.15) is 0 Å². The molecule has 0 aliphatic carbocycles. The summed E-state index contributed by atoms with van der Waals surface area (Å²) < 4.78 is 1.10. The SMILES string of the molecule is [Br-].[Mg+][c]1ccc2ccccc2n1. The van der Waals surface area contributed by atoms with Gasteiger partial charge in [-0.15, -0.1) is 0 Å². The third-order valence-electron chi connectivity index (χ3n) is 1.66. The molecule has 2 rings (SSSR count). The number of halogens is 1. The first-order chi connectivity index (χ1) is 5.36. The quantitative estimate of drug-likeness (QED) is 0.480. The maximum atomic E-state index is 4.39. The van der Waals surface area contributed by atoms with Crippen molar-refractivity contribution in [3.8, 4) is 0 Å². The molecule has 1 heterocycles. The van der Waals surface area contributed by atoms with Crippen LogP contribution in [0.2, 0.25) is 0 Å². The summed E-state index contributed by atoms with van der Waals surface area (Å²) >= 11 is 1.81. The molecule has 0 saturated heterocycles. The molecule has 1 aromatic carbocycles. The summed E-state index contributed by atoms with van der Waals surface area (Å²) in [7, 11) is 0. The van der Waals surface area contributed by atoms with E-state index in [0.29, 0.717) is 0 Å². The van der Waals surface area contributed by atoms with Crippen LogP contribution in [-0.2, 0) is 0 Å². The second-order valence-corrected chi connectivity index (χ2v) is 3.22. The van der Waals surface area contributed by atoms with Gasteiger partial charge >= 0.3 is 77.8 Å². The first-order valence-corrected chi connectivity index (χ1v) is 4.25. The molecule has 1 aromatic heterocycles. The van der Waals surface area contributed by atoms with Crippen molar-refractivity contribution in [2.24, 2.45) is 0 Å². The standard InChI is InChI=1S/C9H6N.BrH.Mg/c1-2-6-9-8(4-1)5-3-7-10-9;;/h1-6H;1H;/q;;+1/p-1. The summed E-state index contributed by atoms with van der Waals surface area (Å²) in [4.78, 5) is 4.39. The summed E-state index contributed by atoms with van der Waals surface area (Å²) in [5.41, 5.74) is 1.08. The molecule has 0 unspecified atom stereocenters. The molecule has 0 radical (unpaired) electrons. The zero-order valence-corrected chi connectivity index (χ0v) is 9.50. The molecule has 0 saturated carbocycles. The Morgan fingerprint density at radius 3 is 2.58 bits per heavy atom. The van der Waals surface area contributed by atoms with Crippen LogP contribution >= 0.6 is 0 Å². The predicted octanol–water partition coefficient (Wildman–Crippen LogP) is -1.97. The van der Waals surface area contributed by atoms with E-state index in [1.165, 1.54) is 5.39 Å². The van der Waals surface area contributed by atoms with Crippen LogP contribution in [0.4, 0.5) is 0 Å². The van der Waals surface area contributed by atoms with Crippen molar-refractivity contribution in [1.29, 1.82) is 0 Å². The third kappa shape index (κ3) is 1.97. The molecule has 0 aliphatic heterocycles. The Hall–Kier alpha value is -0.124. The van der Waals surface area contributed by atoms with Crippen LogP contribution in [0.3, 0.4) is 0 Å². The van der Waals surface area contributed by atoms with E-state index in [1.807, 2.05) is 46.0 Å². The van der Waals surface area contributed by atoms with Crippen molar-refractivity contribution in [2.45, 2.75) is 0 Å². The van der Waals surface area contributed by atoms with Gasteiger partial charge < -0.3 is 17.0 Å². The third-order valence-corrected chi connectivity index (χ3v) is 2.05. The first kappa shape index (κ1) is 9.96. The number of rotatable bonds is 0. The van der Waals surface area contributed by atoms with Gasteiger partial charge in [0.25, 0.3) is 0 Å². The van der Waals surface area contributed by atoms with Gasteiger partial charge in [0.2, 0.25) is 0 Å². The number of aromatic nitrogens is 1. The Morgan fingerprint density at radius 1 is 1.00 bits per heavy atom.